The number of aliphatic hydroxyl groups excluding tert-OH is 2. The van der Waals surface area contributed by atoms with E-state index >= 15 is 0 Å². The molecule has 0 aliphatic carbocycles. The number of methoxy groups -OCH3 is 1. The van der Waals surface area contributed by atoms with Gasteiger partial charge in [0.2, 0.25) is 5.79 Å². The Morgan fingerprint density at radius 1 is 1.50 bits per heavy atom. The largest absolute Gasteiger partial charge is 0.391 e. The van der Waals surface area contributed by atoms with Crippen molar-refractivity contribution >= 4 is 0 Å². The van der Waals surface area contributed by atoms with Crippen LogP contribution in [0, 0.1) is 6.92 Å². The van der Waals surface area contributed by atoms with E-state index in [-0.39, 0.29) is 19.6 Å². The minimum Gasteiger partial charge on any atom is -0.391 e. The van der Waals surface area contributed by atoms with Gasteiger partial charge in [-0.25, -0.2) is 4.79 Å². The van der Waals surface area contributed by atoms with Crippen molar-refractivity contribution in [3.63, 3.8) is 0 Å². The van der Waals surface area contributed by atoms with Crippen molar-refractivity contribution < 1.29 is 24.4 Å². The lowest BCUT2D eigenvalue weighted by molar-refractivity contribution is -0.284. The molecule has 124 valence electrons. The van der Waals surface area contributed by atoms with E-state index in [9.17, 15) is 19.8 Å². The fraction of sp³-hybridized carbons (Fsp3) is 0.692. The molecule has 2 heterocycles. The molecule has 9 heteroatoms. The maximum absolute atomic E-state index is 11.9. The molecule has 0 unspecified atom stereocenters. The summed E-state index contributed by atoms with van der Waals surface area (Å²) in [6.45, 7) is 1.35. The van der Waals surface area contributed by atoms with Gasteiger partial charge in [0.1, 0.15) is 12.3 Å². The van der Waals surface area contributed by atoms with Gasteiger partial charge in [-0.05, 0) is 6.92 Å². The summed E-state index contributed by atoms with van der Waals surface area (Å²) in [7, 11) is 1.49. The molecule has 0 radical (unpaired) electrons. The minimum absolute atomic E-state index is 0.0406. The fourth-order valence-corrected chi connectivity index (χ4v) is 2.31. The standard InChI is InChI=1S/C13H20N2O7/c1-8-6-15(12(19)14-11(8)18)10-5-9(17)13(7-16,22-10)21-4-3-20-2/h6,9-10,16-17H,3-5,7H2,1-2H3,(H,14,18,19)/t9-,10+,13-/m0/s1. The van der Waals surface area contributed by atoms with Crippen LogP contribution >= 0.6 is 0 Å². The third-order valence-electron chi connectivity index (χ3n) is 3.58. The van der Waals surface area contributed by atoms with E-state index < -0.39 is 36.0 Å². The number of aryl methyl sites for hydroxylation is 1. The van der Waals surface area contributed by atoms with Crippen LogP contribution in [0.3, 0.4) is 0 Å². The average Bonchev–Trinajstić information content (AvgIpc) is 2.80. The van der Waals surface area contributed by atoms with Crippen molar-refractivity contribution in [1.82, 2.24) is 9.55 Å². The molecular formula is C13H20N2O7. The molecule has 3 atom stereocenters. The fourth-order valence-electron chi connectivity index (χ4n) is 2.31. The molecule has 0 aromatic carbocycles. The summed E-state index contributed by atoms with van der Waals surface area (Å²) in [5.74, 6) is -1.62. The molecule has 1 aromatic rings. The lowest BCUT2D eigenvalue weighted by Crippen LogP contribution is -2.46. The molecule has 1 aliphatic rings. The molecule has 0 saturated carbocycles. The van der Waals surface area contributed by atoms with E-state index in [0.717, 1.165) is 4.57 Å². The maximum Gasteiger partial charge on any atom is 0.330 e. The average molecular weight is 316 g/mol. The second-order valence-electron chi connectivity index (χ2n) is 5.11. The number of hydrogen-bond donors (Lipinski definition) is 3. The van der Waals surface area contributed by atoms with Crippen LogP contribution in [0.1, 0.15) is 18.2 Å². The quantitative estimate of drug-likeness (QED) is 0.544. The van der Waals surface area contributed by atoms with Crippen LogP contribution in [0.2, 0.25) is 0 Å². The molecule has 22 heavy (non-hydrogen) atoms. The second-order valence-corrected chi connectivity index (χ2v) is 5.11. The Bertz CT molecular complexity index is 626. The van der Waals surface area contributed by atoms with Crippen LogP contribution in [0.25, 0.3) is 0 Å². The van der Waals surface area contributed by atoms with Crippen LogP contribution in [0.15, 0.2) is 15.8 Å². The SMILES string of the molecule is COCCO[C@@]1(CO)O[C@@H](n2cc(C)c(=O)[nH]c2=O)C[C@@H]1O. The van der Waals surface area contributed by atoms with E-state index in [2.05, 4.69) is 4.98 Å². The Hall–Kier alpha value is -1.52. The highest BCUT2D eigenvalue weighted by Gasteiger charge is 2.50. The topological polar surface area (TPSA) is 123 Å². The van der Waals surface area contributed by atoms with E-state index in [1.54, 1.807) is 6.92 Å². The van der Waals surface area contributed by atoms with Gasteiger partial charge in [-0.3, -0.25) is 14.3 Å². The summed E-state index contributed by atoms with van der Waals surface area (Å²) >= 11 is 0. The normalized spacial score (nSPS) is 28.2. The Kier molecular flexibility index (Phi) is 5.14. The predicted octanol–water partition coefficient (Wildman–Crippen LogP) is -1.52. The van der Waals surface area contributed by atoms with E-state index in [4.69, 9.17) is 14.2 Å². The van der Waals surface area contributed by atoms with E-state index in [0.29, 0.717) is 5.56 Å². The van der Waals surface area contributed by atoms with Crippen LogP contribution in [-0.4, -0.2) is 58.6 Å². The van der Waals surface area contributed by atoms with Gasteiger partial charge in [0.15, 0.2) is 0 Å². The molecule has 3 N–H and O–H groups in total. The summed E-state index contributed by atoms with van der Waals surface area (Å²) in [5.41, 5.74) is -0.803. The van der Waals surface area contributed by atoms with Crippen molar-refractivity contribution in [2.24, 2.45) is 0 Å². The Morgan fingerprint density at radius 2 is 2.23 bits per heavy atom. The molecule has 0 amide bonds. The maximum atomic E-state index is 11.9. The third kappa shape index (κ3) is 3.13. The number of hydrogen-bond acceptors (Lipinski definition) is 7. The van der Waals surface area contributed by atoms with Crippen molar-refractivity contribution in [1.29, 1.82) is 0 Å². The first kappa shape index (κ1) is 16.8. The van der Waals surface area contributed by atoms with Crippen molar-refractivity contribution in [2.75, 3.05) is 26.9 Å². The first-order valence-electron chi connectivity index (χ1n) is 6.85. The summed E-state index contributed by atoms with van der Waals surface area (Å²) in [4.78, 5) is 25.4. The molecule has 1 fully saturated rings. The zero-order valence-electron chi connectivity index (χ0n) is 12.4. The van der Waals surface area contributed by atoms with Gasteiger partial charge in [-0.2, -0.15) is 0 Å². The highest BCUT2D eigenvalue weighted by molar-refractivity contribution is 5.02. The van der Waals surface area contributed by atoms with Crippen LogP contribution in [0.5, 0.6) is 0 Å². The number of ether oxygens (including phenoxy) is 3. The molecule has 2 rings (SSSR count). The van der Waals surface area contributed by atoms with Crippen molar-refractivity contribution in [3.05, 3.63) is 32.6 Å². The number of nitrogens with one attached hydrogen (secondary N) is 1. The van der Waals surface area contributed by atoms with E-state index in [1.807, 2.05) is 0 Å². The summed E-state index contributed by atoms with van der Waals surface area (Å²) in [6.07, 6.45) is -0.591. The van der Waals surface area contributed by atoms with Crippen LogP contribution in [-0.2, 0) is 14.2 Å². The highest BCUT2D eigenvalue weighted by Crippen LogP contribution is 2.36. The van der Waals surface area contributed by atoms with Gasteiger partial charge in [0.05, 0.1) is 19.8 Å². The summed E-state index contributed by atoms with van der Waals surface area (Å²) < 4.78 is 17.0. The predicted molar refractivity (Wildman–Crippen MR) is 74.5 cm³/mol. The van der Waals surface area contributed by atoms with Gasteiger partial charge < -0.3 is 24.4 Å². The van der Waals surface area contributed by atoms with Gasteiger partial charge in [-0.1, -0.05) is 0 Å². The third-order valence-corrected chi connectivity index (χ3v) is 3.58. The Labute approximate surface area is 126 Å². The number of aliphatic hydroxyl groups is 2. The Balaban J connectivity index is 2.24. The molecular weight excluding hydrogens is 296 g/mol. The minimum atomic E-state index is -1.62. The number of aromatic amines is 1. The molecule has 1 saturated heterocycles. The van der Waals surface area contributed by atoms with Gasteiger partial charge in [0, 0.05) is 25.3 Å². The number of nitrogens with zero attached hydrogens (tertiary/aromatic N) is 1. The number of rotatable bonds is 6. The van der Waals surface area contributed by atoms with Crippen molar-refractivity contribution in [2.45, 2.75) is 31.5 Å². The number of H-pyrrole nitrogens is 1. The summed E-state index contributed by atoms with van der Waals surface area (Å²) in [5, 5.41) is 19.7. The zero-order valence-corrected chi connectivity index (χ0v) is 12.4. The molecule has 1 aromatic heterocycles. The van der Waals surface area contributed by atoms with Crippen molar-refractivity contribution in [3.8, 4) is 0 Å². The van der Waals surface area contributed by atoms with Gasteiger partial charge in [0.25, 0.3) is 5.56 Å². The number of aromatic nitrogens is 2. The van der Waals surface area contributed by atoms with Crippen LogP contribution < -0.4 is 11.2 Å². The first-order chi connectivity index (χ1) is 10.4. The smallest absolute Gasteiger partial charge is 0.330 e. The Morgan fingerprint density at radius 3 is 2.86 bits per heavy atom. The van der Waals surface area contributed by atoms with Gasteiger partial charge in [-0.15, -0.1) is 0 Å². The molecule has 0 bridgehead atoms. The lowest BCUT2D eigenvalue weighted by atomic mass is 10.1. The highest BCUT2D eigenvalue weighted by atomic mass is 16.7. The first-order valence-corrected chi connectivity index (χ1v) is 6.85. The molecule has 0 spiro atoms. The van der Waals surface area contributed by atoms with Crippen LogP contribution in [0.4, 0.5) is 0 Å². The summed E-state index contributed by atoms with van der Waals surface area (Å²) in [6, 6.07) is 0. The second kappa shape index (κ2) is 6.71. The van der Waals surface area contributed by atoms with Gasteiger partial charge >= 0.3 is 5.69 Å². The molecule has 1 aliphatic heterocycles. The molecule has 9 nitrogen and oxygen atoms in total. The lowest BCUT2D eigenvalue weighted by Gasteiger charge is -2.30. The zero-order chi connectivity index (χ0) is 16.3. The monoisotopic (exact) mass is 316 g/mol. The van der Waals surface area contributed by atoms with E-state index in [1.165, 1.54) is 13.3 Å².